The van der Waals surface area contributed by atoms with Gasteiger partial charge in [-0.2, -0.15) is 0 Å². The maximum absolute atomic E-state index is 11.3. The molecule has 24 heavy (non-hydrogen) atoms. The van der Waals surface area contributed by atoms with Gasteiger partial charge in [-0.3, -0.25) is 4.90 Å². The average molecular weight is 410 g/mol. The van der Waals surface area contributed by atoms with Gasteiger partial charge in [-0.15, -0.1) is 0 Å². The van der Waals surface area contributed by atoms with Crippen LogP contribution in [0.15, 0.2) is 57.9 Å². The van der Waals surface area contributed by atoms with E-state index in [0.717, 1.165) is 42.9 Å². The number of primary sulfonamides is 1. The molecule has 3 rings (SSSR count). The summed E-state index contributed by atoms with van der Waals surface area (Å²) < 4.78 is 23.8. The molecule has 1 fully saturated rings. The summed E-state index contributed by atoms with van der Waals surface area (Å²) in [6, 6.07) is 15.1. The molecule has 0 amide bonds. The lowest BCUT2D eigenvalue weighted by atomic mass is 10.2. The summed E-state index contributed by atoms with van der Waals surface area (Å²) in [5.74, 6) is 0. The van der Waals surface area contributed by atoms with Crippen LogP contribution < -0.4 is 10.0 Å². The predicted octanol–water partition coefficient (Wildman–Crippen LogP) is 2.42. The Bertz CT molecular complexity index is 801. The van der Waals surface area contributed by atoms with E-state index in [1.165, 1.54) is 5.56 Å². The van der Waals surface area contributed by atoms with E-state index in [0.29, 0.717) is 0 Å². The van der Waals surface area contributed by atoms with Crippen LogP contribution >= 0.6 is 15.9 Å². The summed E-state index contributed by atoms with van der Waals surface area (Å²) in [7, 11) is -3.63. The molecule has 1 aliphatic rings. The molecule has 0 radical (unpaired) electrons. The summed E-state index contributed by atoms with van der Waals surface area (Å²) in [4.78, 5) is 4.84. The fourth-order valence-electron chi connectivity index (χ4n) is 2.88. The molecule has 0 aliphatic carbocycles. The SMILES string of the molecule is NS(=O)(=O)c1ccc(N2CCN(Cc3ccccc3Br)CC2)cc1. The van der Waals surface area contributed by atoms with Gasteiger partial charge in [0.15, 0.2) is 0 Å². The second-order valence-electron chi connectivity index (χ2n) is 5.89. The van der Waals surface area contributed by atoms with E-state index in [9.17, 15) is 8.42 Å². The lowest BCUT2D eigenvalue weighted by molar-refractivity contribution is 0.249. The van der Waals surface area contributed by atoms with Crippen LogP contribution in [0.5, 0.6) is 0 Å². The number of hydrogen-bond acceptors (Lipinski definition) is 4. The van der Waals surface area contributed by atoms with E-state index in [2.05, 4.69) is 43.9 Å². The Kier molecular flexibility index (Phi) is 5.24. The third kappa shape index (κ3) is 4.16. The van der Waals surface area contributed by atoms with Gasteiger partial charge in [-0.1, -0.05) is 34.1 Å². The molecule has 0 spiro atoms. The molecule has 5 nitrogen and oxygen atoms in total. The first-order valence-corrected chi connectivity index (χ1v) is 10.1. The summed E-state index contributed by atoms with van der Waals surface area (Å²) in [5.41, 5.74) is 2.33. The minimum atomic E-state index is -3.63. The van der Waals surface area contributed by atoms with Crippen molar-refractivity contribution in [3.8, 4) is 0 Å². The molecule has 2 N–H and O–H groups in total. The Labute approximate surface area is 151 Å². The van der Waals surface area contributed by atoms with Gasteiger partial charge in [0, 0.05) is 42.9 Å². The Hall–Kier alpha value is -1.41. The zero-order chi connectivity index (χ0) is 17.2. The van der Waals surface area contributed by atoms with E-state index in [1.54, 1.807) is 12.1 Å². The summed E-state index contributed by atoms with van der Waals surface area (Å²) in [6.07, 6.45) is 0. The molecular formula is C17H20BrN3O2S. The van der Waals surface area contributed by atoms with Crippen molar-refractivity contribution in [2.45, 2.75) is 11.4 Å². The lowest BCUT2D eigenvalue weighted by Crippen LogP contribution is -2.46. The normalized spacial score (nSPS) is 16.3. The van der Waals surface area contributed by atoms with E-state index in [1.807, 2.05) is 18.2 Å². The molecule has 1 aliphatic heterocycles. The van der Waals surface area contributed by atoms with Crippen LogP contribution in [0.1, 0.15) is 5.56 Å². The molecule has 1 heterocycles. The van der Waals surface area contributed by atoms with Crippen LogP contribution in [-0.4, -0.2) is 39.5 Å². The second kappa shape index (κ2) is 7.23. The Morgan fingerprint density at radius 2 is 1.58 bits per heavy atom. The highest BCUT2D eigenvalue weighted by Crippen LogP contribution is 2.21. The first-order chi connectivity index (χ1) is 11.4. The highest BCUT2D eigenvalue weighted by Gasteiger charge is 2.18. The number of anilines is 1. The van der Waals surface area contributed by atoms with E-state index >= 15 is 0 Å². The topological polar surface area (TPSA) is 66.6 Å². The van der Waals surface area contributed by atoms with E-state index < -0.39 is 10.0 Å². The zero-order valence-electron chi connectivity index (χ0n) is 13.2. The lowest BCUT2D eigenvalue weighted by Gasteiger charge is -2.36. The molecule has 0 bridgehead atoms. The van der Waals surface area contributed by atoms with Gasteiger partial charge in [-0.05, 0) is 35.9 Å². The van der Waals surface area contributed by atoms with Gasteiger partial charge >= 0.3 is 0 Å². The van der Waals surface area contributed by atoms with Crippen molar-refractivity contribution in [3.63, 3.8) is 0 Å². The van der Waals surface area contributed by atoms with Crippen LogP contribution in [0.2, 0.25) is 0 Å². The van der Waals surface area contributed by atoms with Crippen LogP contribution in [0.3, 0.4) is 0 Å². The number of hydrogen-bond donors (Lipinski definition) is 1. The third-order valence-electron chi connectivity index (χ3n) is 4.25. The van der Waals surface area contributed by atoms with Crippen LogP contribution in [0.25, 0.3) is 0 Å². The molecular weight excluding hydrogens is 390 g/mol. The zero-order valence-corrected chi connectivity index (χ0v) is 15.6. The molecule has 0 saturated carbocycles. The van der Waals surface area contributed by atoms with E-state index in [-0.39, 0.29) is 4.90 Å². The number of piperazine rings is 1. The number of nitrogens with zero attached hydrogens (tertiary/aromatic N) is 2. The molecule has 128 valence electrons. The fourth-order valence-corrected chi connectivity index (χ4v) is 3.80. The number of rotatable bonds is 4. The maximum Gasteiger partial charge on any atom is 0.238 e. The molecule has 0 unspecified atom stereocenters. The fraction of sp³-hybridized carbons (Fsp3) is 0.294. The molecule has 7 heteroatoms. The molecule has 2 aromatic carbocycles. The van der Waals surface area contributed by atoms with Gasteiger partial charge < -0.3 is 4.90 Å². The monoisotopic (exact) mass is 409 g/mol. The molecule has 1 saturated heterocycles. The van der Waals surface area contributed by atoms with Crippen molar-refractivity contribution in [1.82, 2.24) is 4.90 Å². The standard InChI is InChI=1S/C17H20BrN3O2S/c18-17-4-2-1-3-14(17)13-20-9-11-21(12-10-20)15-5-7-16(8-6-15)24(19,22)23/h1-8H,9-13H2,(H2,19,22,23). The Morgan fingerprint density at radius 3 is 2.17 bits per heavy atom. The smallest absolute Gasteiger partial charge is 0.238 e. The third-order valence-corrected chi connectivity index (χ3v) is 5.96. The largest absolute Gasteiger partial charge is 0.369 e. The number of sulfonamides is 1. The predicted molar refractivity (Wildman–Crippen MR) is 99.4 cm³/mol. The Balaban J connectivity index is 1.60. The molecule has 0 aromatic heterocycles. The van der Waals surface area contributed by atoms with Gasteiger partial charge in [0.1, 0.15) is 0 Å². The van der Waals surface area contributed by atoms with Crippen molar-refractivity contribution in [3.05, 3.63) is 58.6 Å². The number of halogens is 1. The van der Waals surface area contributed by atoms with Crippen LogP contribution in [0, 0.1) is 0 Å². The van der Waals surface area contributed by atoms with Gasteiger partial charge in [0.2, 0.25) is 10.0 Å². The van der Waals surface area contributed by atoms with Crippen molar-refractivity contribution in [1.29, 1.82) is 0 Å². The second-order valence-corrected chi connectivity index (χ2v) is 8.31. The number of nitrogens with two attached hydrogens (primary N) is 1. The van der Waals surface area contributed by atoms with Crippen LogP contribution in [0.4, 0.5) is 5.69 Å². The highest BCUT2D eigenvalue weighted by atomic mass is 79.9. The van der Waals surface area contributed by atoms with Crippen molar-refractivity contribution < 1.29 is 8.42 Å². The van der Waals surface area contributed by atoms with Crippen molar-refractivity contribution in [2.24, 2.45) is 5.14 Å². The minimum Gasteiger partial charge on any atom is -0.369 e. The maximum atomic E-state index is 11.3. The minimum absolute atomic E-state index is 0.152. The van der Waals surface area contributed by atoms with Crippen molar-refractivity contribution in [2.75, 3.05) is 31.1 Å². The average Bonchev–Trinajstić information content (AvgIpc) is 2.57. The molecule has 2 aromatic rings. The summed E-state index contributed by atoms with van der Waals surface area (Å²) >= 11 is 3.60. The summed E-state index contributed by atoms with van der Waals surface area (Å²) in [5, 5.41) is 5.14. The Morgan fingerprint density at radius 1 is 0.958 bits per heavy atom. The number of benzene rings is 2. The van der Waals surface area contributed by atoms with Crippen LogP contribution in [-0.2, 0) is 16.6 Å². The summed E-state index contributed by atoms with van der Waals surface area (Å²) in [6.45, 7) is 4.70. The quantitative estimate of drug-likeness (QED) is 0.841. The van der Waals surface area contributed by atoms with Gasteiger partial charge in [0.25, 0.3) is 0 Å². The molecule has 0 atom stereocenters. The van der Waals surface area contributed by atoms with Crippen molar-refractivity contribution >= 4 is 31.6 Å². The van der Waals surface area contributed by atoms with Gasteiger partial charge in [0.05, 0.1) is 4.90 Å². The van der Waals surface area contributed by atoms with E-state index in [4.69, 9.17) is 5.14 Å². The van der Waals surface area contributed by atoms with Gasteiger partial charge in [-0.25, -0.2) is 13.6 Å². The highest BCUT2D eigenvalue weighted by molar-refractivity contribution is 9.10. The first kappa shape index (κ1) is 17.4. The first-order valence-electron chi connectivity index (χ1n) is 7.77.